The Kier molecular flexibility index (Phi) is 16.4. The average Bonchev–Trinajstić information content (AvgIpc) is 1.66. The summed E-state index contributed by atoms with van der Waals surface area (Å²) in [7, 11) is 0. The molecule has 4 aliphatic heterocycles. The number of hydrogen-bond acceptors (Lipinski definition) is 16. The zero-order valence-electron chi connectivity index (χ0n) is 47.9. The molecule has 0 amide bonds. The van der Waals surface area contributed by atoms with Crippen LogP contribution in [-0.2, 0) is 47.4 Å². The smallest absolute Gasteiger partial charge is 0.338 e. The van der Waals surface area contributed by atoms with Crippen LogP contribution in [0.4, 0.5) is 0 Å². The molecule has 12 rings (SSSR count). The molecule has 3 saturated carbocycles. The lowest BCUT2D eigenvalue weighted by atomic mass is 9.47. The van der Waals surface area contributed by atoms with Gasteiger partial charge in [-0.1, -0.05) is 112 Å². The van der Waals surface area contributed by atoms with Gasteiger partial charge in [-0.25, -0.2) is 19.2 Å². The third-order valence-corrected chi connectivity index (χ3v) is 20.5. The number of rotatable bonds is 13. The number of carbonyl (C=O) groups is 4. The van der Waals surface area contributed by atoms with Gasteiger partial charge in [0.25, 0.3) is 0 Å². The molecule has 0 aromatic heterocycles. The molecule has 442 valence electrons. The van der Waals surface area contributed by atoms with Crippen molar-refractivity contribution in [3.05, 3.63) is 155 Å². The van der Waals surface area contributed by atoms with Crippen LogP contribution in [-0.4, -0.2) is 127 Å². The van der Waals surface area contributed by atoms with Crippen LogP contribution < -0.4 is 0 Å². The average molecular weight is 1140 g/mol. The Hall–Kier alpha value is -5.82. The van der Waals surface area contributed by atoms with Gasteiger partial charge in [0.05, 0.1) is 53.8 Å². The highest BCUT2D eigenvalue weighted by molar-refractivity contribution is 5.91. The molecule has 16 heteroatoms. The van der Waals surface area contributed by atoms with Gasteiger partial charge < -0.3 is 57.6 Å². The van der Waals surface area contributed by atoms with Gasteiger partial charge in [0.15, 0.2) is 48.9 Å². The van der Waals surface area contributed by atoms with Gasteiger partial charge >= 0.3 is 23.9 Å². The number of aliphatic hydroxyl groups is 2. The number of aliphatic hydroxyl groups excluding tert-OH is 2. The maximum atomic E-state index is 14.4. The maximum Gasteiger partial charge on any atom is 0.338 e. The molecule has 4 aliphatic carbocycles. The molecule has 4 aromatic carbocycles. The number of allylic oxidation sites excluding steroid dienone is 1. The minimum atomic E-state index is -1.70. The van der Waals surface area contributed by atoms with Crippen molar-refractivity contribution in [1.29, 1.82) is 0 Å². The highest BCUT2D eigenvalue weighted by Crippen LogP contribution is 2.71. The molecule has 0 bridgehead atoms. The van der Waals surface area contributed by atoms with Crippen LogP contribution in [0.5, 0.6) is 0 Å². The van der Waals surface area contributed by atoms with E-state index in [0.29, 0.717) is 48.3 Å². The van der Waals surface area contributed by atoms with E-state index in [1.165, 1.54) is 5.57 Å². The fourth-order valence-corrected chi connectivity index (χ4v) is 16.1. The third-order valence-electron chi connectivity index (χ3n) is 20.5. The molecule has 4 aromatic rings. The van der Waals surface area contributed by atoms with E-state index in [-0.39, 0.29) is 39.2 Å². The molecule has 21 atom stereocenters. The zero-order chi connectivity index (χ0) is 57.8. The van der Waals surface area contributed by atoms with Gasteiger partial charge in [0.1, 0.15) is 12.2 Å². The fourth-order valence-electron chi connectivity index (χ4n) is 16.1. The molecule has 16 nitrogen and oxygen atoms in total. The summed E-state index contributed by atoms with van der Waals surface area (Å²) in [6, 6.07) is 32.8. The number of esters is 4. The second-order valence-corrected chi connectivity index (χ2v) is 25.2. The SMILES string of the molecule is CC1CCC2(OC1)OC1CC3C4CC=C5CC(OC6OC(CO)C(O)C(OC(=O)c7ccccc7)C6OC6OC(C)C(OC(=O)c7ccccc7)C(OC(=O)c7ccccc7)C6OC(=O)c6ccccc6)CCC5(C)C4CCC3(C)C1C2C. The number of hydrogen-bond donors (Lipinski definition) is 2. The Balaban J connectivity index is 0.853. The molecule has 21 unspecified atom stereocenters. The van der Waals surface area contributed by atoms with Gasteiger partial charge in [-0.15, -0.1) is 0 Å². The highest BCUT2D eigenvalue weighted by Gasteiger charge is 2.69. The lowest BCUT2D eigenvalue weighted by molar-refractivity contribution is -0.367. The standard InChI is InChI=1S/C67H78O16/c1-38-28-33-67(74-37-38)39(2)52-50(83-67)35-49-47-27-26-45-34-46(29-31-65(45,4)48(47)30-32-66(49,52)5)76-64-57(55(53(69)51(36-68)77-64)79-60(71)42-20-12-7-13-21-42)82-63-58(81-62(73)44-24-16-9-17-25-44)56(80-61(72)43-22-14-8-15-23-43)54(40(3)75-63)78-59(70)41-18-10-6-11-19-41/h6-26,38-40,46-58,63-64,68-69H,27-37H2,1-5H3. The summed E-state index contributed by atoms with van der Waals surface area (Å²) in [6.45, 7) is 11.3. The Morgan fingerprint density at radius 3 is 1.70 bits per heavy atom. The normalized spacial score (nSPS) is 39.9. The van der Waals surface area contributed by atoms with Gasteiger partial charge in [-0.3, -0.25) is 0 Å². The lowest BCUT2D eigenvalue weighted by Gasteiger charge is -2.58. The van der Waals surface area contributed by atoms with Crippen LogP contribution in [0.3, 0.4) is 0 Å². The predicted octanol–water partition coefficient (Wildman–Crippen LogP) is 9.85. The molecule has 7 fully saturated rings. The van der Waals surface area contributed by atoms with Crippen molar-refractivity contribution in [3.63, 3.8) is 0 Å². The summed E-state index contributed by atoms with van der Waals surface area (Å²) >= 11 is 0. The van der Waals surface area contributed by atoms with Crippen LogP contribution >= 0.6 is 0 Å². The maximum absolute atomic E-state index is 14.4. The number of fused-ring (bicyclic) bond motifs is 7. The molecular formula is C67H78O16. The third kappa shape index (κ3) is 10.9. The van der Waals surface area contributed by atoms with E-state index in [2.05, 4.69) is 33.8 Å². The summed E-state index contributed by atoms with van der Waals surface area (Å²) in [4.78, 5) is 56.7. The van der Waals surface area contributed by atoms with E-state index in [9.17, 15) is 29.4 Å². The molecule has 4 saturated heterocycles. The monoisotopic (exact) mass is 1140 g/mol. The largest absolute Gasteiger partial charge is 0.453 e. The number of carbonyl (C=O) groups excluding carboxylic acids is 4. The lowest BCUT2D eigenvalue weighted by Crippen LogP contribution is -2.66. The van der Waals surface area contributed by atoms with Gasteiger partial charge in [0, 0.05) is 12.3 Å². The van der Waals surface area contributed by atoms with E-state index in [4.69, 9.17) is 47.4 Å². The first-order chi connectivity index (χ1) is 40.1. The fraction of sp³-hybridized carbons (Fsp3) is 0.552. The zero-order valence-corrected chi connectivity index (χ0v) is 47.9. The second-order valence-electron chi connectivity index (χ2n) is 25.2. The number of ether oxygens (including phenoxy) is 10. The second kappa shape index (κ2) is 23.6. The number of benzene rings is 4. The van der Waals surface area contributed by atoms with Crippen molar-refractivity contribution in [2.24, 2.45) is 46.3 Å². The molecule has 4 heterocycles. The Morgan fingerprint density at radius 1 is 0.602 bits per heavy atom. The summed E-state index contributed by atoms with van der Waals surface area (Å²) in [5.74, 6) is -0.899. The quantitative estimate of drug-likeness (QED) is 0.0727. The van der Waals surface area contributed by atoms with Crippen LogP contribution in [0.2, 0.25) is 0 Å². The summed E-state index contributed by atoms with van der Waals surface area (Å²) in [5.41, 5.74) is 2.05. The van der Waals surface area contributed by atoms with Crippen molar-refractivity contribution in [1.82, 2.24) is 0 Å². The topological polar surface area (TPSA) is 201 Å². The van der Waals surface area contributed by atoms with Crippen molar-refractivity contribution in [3.8, 4) is 0 Å². The van der Waals surface area contributed by atoms with E-state index < -0.39 is 104 Å². The molecular weight excluding hydrogens is 1060 g/mol. The summed E-state index contributed by atoms with van der Waals surface area (Å²) < 4.78 is 65.8. The van der Waals surface area contributed by atoms with E-state index in [1.807, 2.05) is 0 Å². The first-order valence-corrected chi connectivity index (χ1v) is 30.0. The van der Waals surface area contributed by atoms with E-state index in [0.717, 1.165) is 51.6 Å². The van der Waals surface area contributed by atoms with Crippen LogP contribution in [0, 0.1) is 46.3 Å². The molecule has 0 radical (unpaired) electrons. The van der Waals surface area contributed by atoms with Crippen molar-refractivity contribution < 1.29 is 76.8 Å². The first kappa shape index (κ1) is 57.6. The van der Waals surface area contributed by atoms with Crippen molar-refractivity contribution in [2.75, 3.05) is 13.2 Å². The molecule has 2 N–H and O–H groups in total. The van der Waals surface area contributed by atoms with Gasteiger partial charge in [0.2, 0.25) is 0 Å². The van der Waals surface area contributed by atoms with Crippen LogP contribution in [0.15, 0.2) is 133 Å². The van der Waals surface area contributed by atoms with Crippen molar-refractivity contribution >= 4 is 23.9 Å². The highest BCUT2D eigenvalue weighted by atomic mass is 16.8. The van der Waals surface area contributed by atoms with E-state index in [1.54, 1.807) is 128 Å². The molecule has 83 heavy (non-hydrogen) atoms. The summed E-state index contributed by atoms with van der Waals surface area (Å²) in [5, 5.41) is 23.0. The Morgan fingerprint density at radius 2 is 1.14 bits per heavy atom. The van der Waals surface area contributed by atoms with Crippen LogP contribution in [0.25, 0.3) is 0 Å². The van der Waals surface area contributed by atoms with Gasteiger partial charge in [-0.05, 0) is 147 Å². The Bertz CT molecular complexity index is 2970. The van der Waals surface area contributed by atoms with Gasteiger partial charge in [-0.2, -0.15) is 0 Å². The first-order valence-electron chi connectivity index (χ1n) is 30.0. The summed E-state index contributed by atoms with van der Waals surface area (Å²) in [6.07, 6.45) is -4.52. The molecule has 8 aliphatic rings. The molecule has 1 spiro atoms. The van der Waals surface area contributed by atoms with Crippen molar-refractivity contribution in [2.45, 2.75) is 172 Å². The van der Waals surface area contributed by atoms with Crippen LogP contribution in [0.1, 0.15) is 134 Å². The Labute approximate surface area is 485 Å². The minimum Gasteiger partial charge on any atom is -0.453 e. The predicted molar refractivity (Wildman–Crippen MR) is 300 cm³/mol. The minimum absolute atomic E-state index is 0.0896. The van der Waals surface area contributed by atoms with E-state index >= 15 is 0 Å².